The first-order valence-electron chi connectivity index (χ1n) is 8.12. The second-order valence-electron chi connectivity index (χ2n) is 8.26. The van der Waals surface area contributed by atoms with Crippen molar-refractivity contribution in [2.75, 3.05) is 46.9 Å². The number of hydrogen-bond acceptors (Lipinski definition) is 1. The van der Waals surface area contributed by atoms with Crippen molar-refractivity contribution in [2.45, 2.75) is 51.6 Å². The predicted octanol–water partition coefficient (Wildman–Crippen LogP) is -4.74. The van der Waals surface area contributed by atoms with Gasteiger partial charge in [-0.2, -0.15) is 0 Å². The second kappa shape index (κ2) is 8.45. The molecule has 0 aliphatic carbocycles. The molecule has 2 aliphatic rings. The van der Waals surface area contributed by atoms with E-state index in [1.54, 1.807) is 10.5 Å². The summed E-state index contributed by atoms with van der Waals surface area (Å²) < 4.78 is 6.51. The summed E-state index contributed by atoms with van der Waals surface area (Å²) >= 11 is 0. The van der Waals surface area contributed by atoms with Gasteiger partial charge in [0.2, 0.25) is 0 Å². The van der Waals surface area contributed by atoms with E-state index in [9.17, 15) is 0 Å². The summed E-state index contributed by atoms with van der Waals surface area (Å²) in [7, 11) is 4.75. The van der Waals surface area contributed by atoms with Gasteiger partial charge in [0.25, 0.3) is 0 Å². The molecule has 1 saturated heterocycles. The molecule has 0 aromatic rings. The lowest BCUT2D eigenvalue weighted by atomic mass is 9.77. The van der Waals surface area contributed by atoms with Crippen molar-refractivity contribution in [3.05, 3.63) is 11.6 Å². The van der Waals surface area contributed by atoms with Gasteiger partial charge in [-0.3, -0.25) is 0 Å². The van der Waals surface area contributed by atoms with Gasteiger partial charge >= 0.3 is 0 Å². The average molecular weight is 536 g/mol. The summed E-state index contributed by atoms with van der Waals surface area (Å²) in [6, 6.07) is 0. The molecular weight excluding hydrogens is 502 g/mol. The van der Waals surface area contributed by atoms with Gasteiger partial charge < -0.3 is 62.1 Å². The third-order valence-electron chi connectivity index (χ3n) is 6.17. The van der Waals surface area contributed by atoms with Crippen molar-refractivity contribution in [3.8, 4) is 0 Å². The standard InChI is InChI=1S/C17H33N2O.2HI/c1-16(2)13-15(14-17(3,4)19(16,5)6)7-8-18-9-11-20-12-10-18;;/h13H,7-12,14H2,1-6H3;2*1H/q+1;;/p-1. The molecule has 132 valence electrons. The van der Waals surface area contributed by atoms with Gasteiger partial charge in [-0.1, -0.05) is 5.57 Å². The van der Waals surface area contributed by atoms with Gasteiger partial charge in [-0.05, 0) is 33.8 Å². The van der Waals surface area contributed by atoms with E-state index in [0.29, 0.717) is 5.54 Å². The number of likely N-dealkylation sites (N-methyl/N-ethyl adjacent to an activating group) is 1. The van der Waals surface area contributed by atoms with E-state index in [2.05, 4.69) is 47.9 Å². The number of nitrogens with one attached hydrogen (secondary N) is 1. The molecule has 3 nitrogen and oxygen atoms in total. The van der Waals surface area contributed by atoms with E-state index in [0.717, 1.165) is 17.7 Å². The molecule has 0 aromatic heterocycles. The minimum absolute atomic E-state index is 0. The highest BCUT2D eigenvalue weighted by Gasteiger charge is 2.50. The van der Waals surface area contributed by atoms with Crippen LogP contribution in [0.3, 0.4) is 0 Å². The Morgan fingerprint density at radius 2 is 1.64 bits per heavy atom. The topological polar surface area (TPSA) is 13.7 Å². The number of halogens is 2. The van der Waals surface area contributed by atoms with E-state index in [1.165, 1.54) is 32.5 Å². The lowest BCUT2D eigenvalue weighted by Gasteiger charge is -2.56. The normalized spacial score (nSPS) is 26.4. The molecule has 1 fully saturated rings. The van der Waals surface area contributed by atoms with Crippen LogP contribution in [0.25, 0.3) is 0 Å². The number of rotatable bonds is 3. The molecule has 0 radical (unpaired) electrons. The maximum absolute atomic E-state index is 5.45. The third kappa shape index (κ3) is 4.80. The smallest absolute Gasteiger partial charge is 0.112 e. The molecule has 0 bridgehead atoms. The Balaban J connectivity index is 0.00000220. The lowest BCUT2D eigenvalue weighted by Crippen LogP contribution is -3.14. The zero-order chi connectivity index (χ0) is 15.0. The van der Waals surface area contributed by atoms with Crippen molar-refractivity contribution in [1.82, 2.24) is 0 Å². The van der Waals surface area contributed by atoms with Gasteiger partial charge in [0.1, 0.15) is 18.6 Å². The molecule has 0 spiro atoms. The van der Waals surface area contributed by atoms with E-state index >= 15 is 0 Å². The van der Waals surface area contributed by atoms with Crippen molar-refractivity contribution in [2.24, 2.45) is 0 Å². The van der Waals surface area contributed by atoms with Crippen LogP contribution in [0.4, 0.5) is 0 Å². The van der Waals surface area contributed by atoms with Crippen LogP contribution in [0.2, 0.25) is 0 Å². The summed E-state index contributed by atoms with van der Waals surface area (Å²) in [5.74, 6) is 0. The monoisotopic (exact) mass is 536 g/mol. The first kappa shape index (κ1) is 23.1. The van der Waals surface area contributed by atoms with E-state index < -0.39 is 0 Å². The molecule has 0 saturated carbocycles. The van der Waals surface area contributed by atoms with Gasteiger partial charge in [0.05, 0.1) is 39.4 Å². The Bertz CT molecular complexity index is 386. The number of quaternary nitrogens is 2. The SMILES string of the molecule is CC1(C)C=C(CC[NH+]2CCOCC2)CC(C)(C)[N+]1(C)C.[I-].[I-]. The zero-order valence-corrected chi connectivity index (χ0v) is 19.5. The fourth-order valence-corrected chi connectivity index (χ4v) is 3.65. The van der Waals surface area contributed by atoms with Crippen LogP contribution in [0.5, 0.6) is 0 Å². The van der Waals surface area contributed by atoms with Crippen LogP contribution in [0.15, 0.2) is 11.6 Å². The van der Waals surface area contributed by atoms with Crippen molar-refractivity contribution in [3.63, 3.8) is 0 Å². The van der Waals surface area contributed by atoms with Gasteiger partial charge in [-0.15, -0.1) is 0 Å². The molecule has 0 amide bonds. The average Bonchev–Trinajstić information content (AvgIpc) is 2.35. The molecule has 5 heteroatoms. The molecular formula is C17H34I2N2O. The number of ether oxygens (including phenoxy) is 1. The quantitative estimate of drug-likeness (QED) is 0.218. The largest absolute Gasteiger partial charge is 1.00 e. The lowest BCUT2D eigenvalue weighted by molar-refractivity contribution is -0.976. The van der Waals surface area contributed by atoms with Crippen LogP contribution in [0, 0.1) is 0 Å². The fraction of sp³-hybridized carbons (Fsp3) is 0.882. The van der Waals surface area contributed by atoms with Crippen molar-refractivity contribution < 1.29 is 62.1 Å². The predicted molar refractivity (Wildman–Crippen MR) is 84.0 cm³/mol. The molecule has 2 rings (SSSR count). The number of morpholine rings is 1. The highest BCUT2D eigenvalue weighted by Crippen LogP contribution is 2.42. The third-order valence-corrected chi connectivity index (χ3v) is 6.17. The van der Waals surface area contributed by atoms with E-state index in [4.69, 9.17) is 4.74 Å². The molecule has 0 atom stereocenters. The zero-order valence-electron chi connectivity index (χ0n) is 15.1. The highest BCUT2D eigenvalue weighted by molar-refractivity contribution is 5.16. The fourth-order valence-electron chi connectivity index (χ4n) is 3.65. The maximum atomic E-state index is 5.45. The van der Waals surface area contributed by atoms with Crippen LogP contribution in [0.1, 0.15) is 40.5 Å². The Morgan fingerprint density at radius 1 is 1.09 bits per heavy atom. The molecule has 2 aliphatic heterocycles. The highest BCUT2D eigenvalue weighted by atomic mass is 127. The second-order valence-corrected chi connectivity index (χ2v) is 8.26. The van der Waals surface area contributed by atoms with E-state index in [-0.39, 0.29) is 53.5 Å². The first-order chi connectivity index (χ1) is 9.16. The Morgan fingerprint density at radius 3 is 2.14 bits per heavy atom. The van der Waals surface area contributed by atoms with Crippen LogP contribution >= 0.6 is 0 Å². The molecule has 22 heavy (non-hydrogen) atoms. The summed E-state index contributed by atoms with van der Waals surface area (Å²) in [4.78, 5) is 1.71. The summed E-state index contributed by atoms with van der Waals surface area (Å²) in [5, 5.41) is 0. The number of nitrogens with zero attached hydrogens (tertiary/aromatic N) is 1. The summed E-state index contributed by atoms with van der Waals surface area (Å²) in [6.07, 6.45) is 5.04. The molecule has 1 N–H and O–H groups in total. The summed E-state index contributed by atoms with van der Waals surface area (Å²) in [6.45, 7) is 15.1. The minimum Gasteiger partial charge on any atom is -1.00 e. The van der Waals surface area contributed by atoms with Gasteiger partial charge in [-0.25, -0.2) is 0 Å². The Hall–Kier alpha value is 1.08. The van der Waals surface area contributed by atoms with Crippen molar-refractivity contribution >= 4 is 0 Å². The van der Waals surface area contributed by atoms with E-state index in [1.807, 2.05) is 0 Å². The number of hydrogen-bond donors (Lipinski definition) is 1. The molecule has 0 unspecified atom stereocenters. The Kier molecular flexibility index (Phi) is 8.86. The first-order valence-corrected chi connectivity index (χ1v) is 8.12. The van der Waals surface area contributed by atoms with Crippen LogP contribution in [-0.4, -0.2) is 62.5 Å². The molecule has 0 aromatic carbocycles. The van der Waals surface area contributed by atoms with Gasteiger partial charge in [0.15, 0.2) is 0 Å². The summed E-state index contributed by atoms with van der Waals surface area (Å²) in [5.41, 5.74) is 2.20. The van der Waals surface area contributed by atoms with Crippen molar-refractivity contribution in [1.29, 1.82) is 0 Å². The maximum Gasteiger partial charge on any atom is 0.112 e. The minimum atomic E-state index is 0. The Labute approximate surface area is 171 Å². The van der Waals surface area contributed by atoms with Crippen LogP contribution < -0.4 is 52.9 Å². The van der Waals surface area contributed by atoms with Gasteiger partial charge in [0, 0.05) is 12.8 Å². The van der Waals surface area contributed by atoms with Crippen LogP contribution in [-0.2, 0) is 4.74 Å². The molecule has 2 heterocycles.